The molecule has 0 spiro atoms. The standard InChI is InChI=1S/C16H16N2O5/c1-10-4-3-5-13(8-10)23-11(2)16(20)17-14-7-6-12(18(21)22)9-15(14)19/h3-9,11,19H,1-2H3,(H,17,20). The number of aryl methyl sites for hydroxylation is 1. The fraction of sp³-hybridized carbons (Fsp3) is 0.188. The second-order valence-electron chi connectivity index (χ2n) is 5.02. The number of phenols is 1. The van der Waals surface area contributed by atoms with Gasteiger partial charge in [-0.05, 0) is 37.6 Å². The average Bonchev–Trinajstić information content (AvgIpc) is 2.49. The molecule has 0 saturated heterocycles. The molecule has 2 aromatic carbocycles. The molecule has 2 rings (SSSR count). The summed E-state index contributed by atoms with van der Waals surface area (Å²) in [7, 11) is 0. The van der Waals surface area contributed by atoms with Gasteiger partial charge in [-0.15, -0.1) is 0 Å². The third-order valence-electron chi connectivity index (χ3n) is 3.12. The number of nitrogens with one attached hydrogen (secondary N) is 1. The lowest BCUT2D eigenvalue weighted by atomic mass is 10.2. The Morgan fingerprint density at radius 2 is 2.04 bits per heavy atom. The van der Waals surface area contributed by atoms with Gasteiger partial charge < -0.3 is 15.2 Å². The first kappa shape index (κ1) is 16.3. The Labute approximate surface area is 132 Å². The molecule has 0 aliphatic rings. The number of anilines is 1. The van der Waals surface area contributed by atoms with Crippen molar-refractivity contribution in [1.82, 2.24) is 0 Å². The summed E-state index contributed by atoms with van der Waals surface area (Å²) in [6.07, 6.45) is -0.800. The van der Waals surface area contributed by atoms with Crippen LogP contribution in [-0.2, 0) is 4.79 Å². The number of nitrogens with zero attached hydrogens (tertiary/aromatic N) is 1. The molecule has 1 amide bonds. The summed E-state index contributed by atoms with van der Waals surface area (Å²) in [4.78, 5) is 22.1. The SMILES string of the molecule is Cc1cccc(OC(C)C(=O)Nc2ccc([N+](=O)[O-])cc2O)c1. The molecule has 0 bridgehead atoms. The van der Waals surface area contributed by atoms with Crippen molar-refractivity contribution in [3.8, 4) is 11.5 Å². The summed E-state index contributed by atoms with van der Waals surface area (Å²) in [5.41, 5.74) is 0.827. The van der Waals surface area contributed by atoms with Gasteiger partial charge >= 0.3 is 0 Å². The van der Waals surface area contributed by atoms with E-state index in [0.717, 1.165) is 11.6 Å². The molecular weight excluding hydrogens is 300 g/mol. The zero-order valence-corrected chi connectivity index (χ0v) is 12.6. The summed E-state index contributed by atoms with van der Waals surface area (Å²) < 4.78 is 5.53. The van der Waals surface area contributed by atoms with Crippen LogP contribution < -0.4 is 10.1 Å². The van der Waals surface area contributed by atoms with Crippen LogP contribution in [0.5, 0.6) is 11.5 Å². The van der Waals surface area contributed by atoms with Crippen molar-refractivity contribution < 1.29 is 19.6 Å². The molecule has 0 saturated carbocycles. The summed E-state index contributed by atoms with van der Waals surface area (Å²) in [6.45, 7) is 3.48. The van der Waals surface area contributed by atoms with Crippen molar-refractivity contribution in [1.29, 1.82) is 0 Å². The first-order valence-electron chi connectivity index (χ1n) is 6.88. The van der Waals surface area contributed by atoms with Gasteiger partial charge in [-0.2, -0.15) is 0 Å². The number of rotatable bonds is 5. The number of carbonyl (C=O) groups excluding carboxylic acids is 1. The molecule has 2 aromatic rings. The predicted molar refractivity (Wildman–Crippen MR) is 84.7 cm³/mol. The van der Waals surface area contributed by atoms with Gasteiger partial charge in [-0.3, -0.25) is 14.9 Å². The number of amides is 1. The lowest BCUT2D eigenvalue weighted by Gasteiger charge is -2.15. The normalized spacial score (nSPS) is 11.6. The highest BCUT2D eigenvalue weighted by atomic mass is 16.6. The highest BCUT2D eigenvalue weighted by Crippen LogP contribution is 2.28. The summed E-state index contributed by atoms with van der Waals surface area (Å²) in [6, 6.07) is 10.7. The molecule has 0 fully saturated rings. The Bertz CT molecular complexity index is 745. The van der Waals surface area contributed by atoms with Crippen LogP contribution in [0.2, 0.25) is 0 Å². The van der Waals surface area contributed by atoms with Gasteiger partial charge in [0.25, 0.3) is 11.6 Å². The fourth-order valence-corrected chi connectivity index (χ4v) is 1.92. The second-order valence-corrected chi connectivity index (χ2v) is 5.02. The molecule has 120 valence electrons. The number of benzene rings is 2. The average molecular weight is 316 g/mol. The lowest BCUT2D eigenvalue weighted by molar-refractivity contribution is -0.384. The van der Waals surface area contributed by atoms with E-state index in [1.165, 1.54) is 12.1 Å². The van der Waals surface area contributed by atoms with Gasteiger partial charge in [-0.1, -0.05) is 12.1 Å². The maximum absolute atomic E-state index is 12.1. The third kappa shape index (κ3) is 4.19. The van der Waals surface area contributed by atoms with Gasteiger partial charge in [0.1, 0.15) is 11.5 Å². The topological polar surface area (TPSA) is 102 Å². The largest absolute Gasteiger partial charge is 0.506 e. The number of phenolic OH excluding ortho intramolecular Hbond substituents is 1. The molecule has 1 atom stereocenters. The minimum Gasteiger partial charge on any atom is -0.506 e. The van der Waals surface area contributed by atoms with Crippen molar-refractivity contribution in [3.63, 3.8) is 0 Å². The summed E-state index contributed by atoms with van der Waals surface area (Å²) in [5, 5.41) is 22.8. The smallest absolute Gasteiger partial charge is 0.273 e. The second kappa shape index (κ2) is 6.78. The zero-order valence-electron chi connectivity index (χ0n) is 12.6. The van der Waals surface area contributed by atoms with Crippen LogP contribution in [0.25, 0.3) is 0 Å². The molecule has 0 radical (unpaired) electrons. The van der Waals surface area contributed by atoms with Crippen molar-refractivity contribution in [2.75, 3.05) is 5.32 Å². The van der Waals surface area contributed by atoms with Crippen molar-refractivity contribution in [2.45, 2.75) is 20.0 Å². The Hall–Kier alpha value is -3.09. The van der Waals surface area contributed by atoms with Gasteiger partial charge in [0.2, 0.25) is 0 Å². The highest BCUT2D eigenvalue weighted by Gasteiger charge is 2.18. The maximum Gasteiger partial charge on any atom is 0.273 e. The molecule has 23 heavy (non-hydrogen) atoms. The van der Waals surface area contributed by atoms with Gasteiger partial charge in [0.05, 0.1) is 16.7 Å². The van der Waals surface area contributed by atoms with E-state index in [-0.39, 0.29) is 17.1 Å². The van der Waals surface area contributed by atoms with E-state index in [2.05, 4.69) is 5.32 Å². The highest BCUT2D eigenvalue weighted by molar-refractivity contribution is 5.95. The number of hydrogen-bond donors (Lipinski definition) is 2. The number of ether oxygens (including phenoxy) is 1. The van der Waals surface area contributed by atoms with Crippen LogP contribution in [0.15, 0.2) is 42.5 Å². The number of hydrogen-bond acceptors (Lipinski definition) is 5. The van der Waals surface area contributed by atoms with E-state index in [4.69, 9.17) is 4.74 Å². The number of nitro benzene ring substituents is 1. The molecule has 7 nitrogen and oxygen atoms in total. The van der Waals surface area contributed by atoms with Gasteiger partial charge in [0, 0.05) is 6.07 Å². The lowest BCUT2D eigenvalue weighted by Crippen LogP contribution is -2.30. The maximum atomic E-state index is 12.1. The third-order valence-corrected chi connectivity index (χ3v) is 3.12. The monoisotopic (exact) mass is 316 g/mol. The molecule has 0 aromatic heterocycles. The number of nitro groups is 1. The van der Waals surface area contributed by atoms with Crippen molar-refractivity contribution in [3.05, 3.63) is 58.1 Å². The Morgan fingerprint density at radius 1 is 1.30 bits per heavy atom. The van der Waals surface area contributed by atoms with E-state index in [1.54, 1.807) is 19.1 Å². The van der Waals surface area contributed by atoms with E-state index >= 15 is 0 Å². The molecule has 0 aliphatic heterocycles. The Balaban J connectivity index is 2.05. The molecule has 7 heteroatoms. The molecular formula is C16H16N2O5. The molecule has 2 N–H and O–H groups in total. The van der Waals surface area contributed by atoms with Gasteiger partial charge in [0.15, 0.2) is 6.10 Å². The molecule has 1 unspecified atom stereocenters. The van der Waals surface area contributed by atoms with Crippen LogP contribution in [-0.4, -0.2) is 22.0 Å². The summed E-state index contributed by atoms with van der Waals surface area (Å²) in [5.74, 6) is -0.300. The quantitative estimate of drug-likeness (QED) is 0.501. The Morgan fingerprint density at radius 3 is 2.65 bits per heavy atom. The van der Waals surface area contributed by atoms with Crippen LogP contribution in [0.3, 0.4) is 0 Å². The Kier molecular flexibility index (Phi) is 4.80. The van der Waals surface area contributed by atoms with Crippen molar-refractivity contribution in [2.24, 2.45) is 0 Å². The first-order chi connectivity index (χ1) is 10.9. The van der Waals surface area contributed by atoms with Crippen LogP contribution in [0.4, 0.5) is 11.4 Å². The zero-order chi connectivity index (χ0) is 17.0. The number of aromatic hydroxyl groups is 1. The van der Waals surface area contributed by atoms with Crippen LogP contribution in [0, 0.1) is 17.0 Å². The van der Waals surface area contributed by atoms with Crippen molar-refractivity contribution >= 4 is 17.3 Å². The fourth-order valence-electron chi connectivity index (χ4n) is 1.92. The predicted octanol–water partition coefficient (Wildman–Crippen LogP) is 3.01. The molecule has 0 aliphatic carbocycles. The number of non-ortho nitro benzene ring substituents is 1. The number of carbonyl (C=O) groups is 1. The molecule has 0 heterocycles. The van der Waals surface area contributed by atoms with Crippen LogP contribution in [0.1, 0.15) is 12.5 Å². The van der Waals surface area contributed by atoms with E-state index in [1.807, 2.05) is 19.1 Å². The first-order valence-corrected chi connectivity index (χ1v) is 6.88. The van der Waals surface area contributed by atoms with E-state index in [0.29, 0.717) is 5.75 Å². The van der Waals surface area contributed by atoms with Crippen LogP contribution >= 0.6 is 0 Å². The summed E-state index contributed by atoms with van der Waals surface area (Å²) >= 11 is 0. The minimum absolute atomic E-state index is 0.0836. The van der Waals surface area contributed by atoms with E-state index < -0.39 is 16.9 Å². The van der Waals surface area contributed by atoms with E-state index in [9.17, 15) is 20.0 Å². The minimum atomic E-state index is -0.800. The van der Waals surface area contributed by atoms with Gasteiger partial charge in [-0.25, -0.2) is 0 Å².